The largest absolute Gasteiger partial charge is 0.465 e. The molecule has 1 aromatic rings. The molecule has 0 fully saturated rings. The molecule has 0 spiro atoms. The third kappa shape index (κ3) is 4.92. The van der Waals surface area contributed by atoms with Crippen molar-refractivity contribution in [2.24, 2.45) is 5.73 Å². The van der Waals surface area contributed by atoms with Crippen LogP contribution in [0.2, 0.25) is 0 Å². The molecule has 0 aliphatic heterocycles. The highest BCUT2D eigenvalue weighted by Crippen LogP contribution is 2.18. The van der Waals surface area contributed by atoms with Gasteiger partial charge in [0, 0.05) is 18.5 Å². The molecule has 0 saturated carbocycles. The molecule has 1 atom stereocenters. The van der Waals surface area contributed by atoms with Gasteiger partial charge in [-0.05, 0) is 18.4 Å². The minimum absolute atomic E-state index is 0.116. The normalized spacial score (nSPS) is 11.9. The van der Waals surface area contributed by atoms with Crippen molar-refractivity contribution in [1.29, 1.82) is 0 Å². The fraction of sp³-hybridized carbons (Fsp3) is 0.538. The summed E-state index contributed by atoms with van der Waals surface area (Å²) in [4.78, 5) is 26.0. The van der Waals surface area contributed by atoms with Gasteiger partial charge in [-0.15, -0.1) is 11.3 Å². The van der Waals surface area contributed by atoms with Gasteiger partial charge < -0.3 is 20.1 Å². The fourth-order valence-corrected chi connectivity index (χ4v) is 2.34. The number of rotatable bonds is 8. The quantitative estimate of drug-likeness (QED) is 0.718. The number of hydrogen-bond donors (Lipinski definition) is 1. The molecule has 0 bridgehead atoms. The first kappa shape index (κ1) is 16.6. The Bertz CT molecular complexity index is 422. The third-order valence-corrected chi connectivity index (χ3v) is 3.57. The lowest BCUT2D eigenvalue weighted by atomic mass is 10.2. The minimum Gasteiger partial charge on any atom is -0.465 e. The van der Waals surface area contributed by atoms with Crippen molar-refractivity contribution in [2.75, 3.05) is 33.4 Å². The van der Waals surface area contributed by atoms with Crippen molar-refractivity contribution in [3.05, 3.63) is 22.4 Å². The zero-order valence-electron chi connectivity index (χ0n) is 11.7. The van der Waals surface area contributed by atoms with E-state index >= 15 is 0 Å². The highest BCUT2D eigenvalue weighted by atomic mass is 32.1. The van der Waals surface area contributed by atoms with E-state index in [-0.39, 0.29) is 19.1 Å². The summed E-state index contributed by atoms with van der Waals surface area (Å²) in [7, 11) is 1.53. The van der Waals surface area contributed by atoms with Crippen molar-refractivity contribution in [2.45, 2.75) is 13.0 Å². The predicted molar refractivity (Wildman–Crippen MR) is 76.3 cm³/mol. The average molecular weight is 300 g/mol. The summed E-state index contributed by atoms with van der Waals surface area (Å²) < 4.78 is 9.81. The van der Waals surface area contributed by atoms with Crippen molar-refractivity contribution in [3.63, 3.8) is 0 Å². The van der Waals surface area contributed by atoms with Gasteiger partial charge in [0.15, 0.2) is 0 Å². The SMILES string of the molecule is CCOC(=O)CN(CCOC)C(=O)C(N)c1cccs1. The zero-order valence-corrected chi connectivity index (χ0v) is 12.5. The van der Waals surface area contributed by atoms with Gasteiger partial charge in [-0.25, -0.2) is 0 Å². The molecule has 1 aromatic heterocycles. The molecule has 2 N–H and O–H groups in total. The number of amides is 1. The second kappa shape index (κ2) is 8.68. The Morgan fingerprint density at radius 3 is 2.80 bits per heavy atom. The number of ether oxygens (including phenoxy) is 2. The molecule has 0 aliphatic carbocycles. The fourth-order valence-electron chi connectivity index (χ4n) is 1.62. The summed E-state index contributed by atoms with van der Waals surface area (Å²) >= 11 is 1.41. The van der Waals surface area contributed by atoms with Crippen molar-refractivity contribution in [1.82, 2.24) is 4.90 Å². The molecule has 1 amide bonds. The highest BCUT2D eigenvalue weighted by Gasteiger charge is 2.25. The van der Waals surface area contributed by atoms with E-state index in [1.807, 2.05) is 11.4 Å². The molecular formula is C13H20N2O4S. The topological polar surface area (TPSA) is 81.9 Å². The second-order valence-corrected chi connectivity index (χ2v) is 5.03. The molecule has 0 aromatic carbocycles. The minimum atomic E-state index is -0.763. The van der Waals surface area contributed by atoms with Gasteiger partial charge in [0.2, 0.25) is 5.91 Å². The third-order valence-electron chi connectivity index (χ3n) is 2.62. The molecule has 7 heteroatoms. The van der Waals surface area contributed by atoms with E-state index in [1.165, 1.54) is 23.3 Å². The Morgan fingerprint density at radius 1 is 1.50 bits per heavy atom. The van der Waals surface area contributed by atoms with Gasteiger partial charge in [0.1, 0.15) is 12.6 Å². The molecule has 0 saturated heterocycles. The van der Waals surface area contributed by atoms with E-state index in [2.05, 4.69) is 0 Å². The van der Waals surface area contributed by atoms with Crippen LogP contribution in [0.1, 0.15) is 17.8 Å². The highest BCUT2D eigenvalue weighted by molar-refractivity contribution is 7.10. The lowest BCUT2D eigenvalue weighted by molar-refractivity contribution is -0.149. The average Bonchev–Trinajstić information content (AvgIpc) is 2.96. The first-order chi connectivity index (χ1) is 9.60. The maximum Gasteiger partial charge on any atom is 0.325 e. The molecule has 0 aliphatic rings. The number of thiophene rings is 1. The van der Waals surface area contributed by atoms with E-state index < -0.39 is 12.0 Å². The van der Waals surface area contributed by atoms with Crippen LogP contribution in [-0.2, 0) is 19.1 Å². The Morgan fingerprint density at radius 2 is 2.25 bits per heavy atom. The van der Waals surface area contributed by atoms with Gasteiger partial charge in [-0.1, -0.05) is 6.07 Å². The smallest absolute Gasteiger partial charge is 0.325 e. The monoisotopic (exact) mass is 300 g/mol. The predicted octanol–water partition coefficient (Wildman–Crippen LogP) is 0.786. The van der Waals surface area contributed by atoms with E-state index in [9.17, 15) is 9.59 Å². The molecule has 1 unspecified atom stereocenters. The maximum absolute atomic E-state index is 12.3. The van der Waals surface area contributed by atoms with Gasteiger partial charge in [-0.2, -0.15) is 0 Å². The maximum atomic E-state index is 12.3. The van der Waals surface area contributed by atoms with Crippen LogP contribution in [0.4, 0.5) is 0 Å². The number of carbonyl (C=O) groups is 2. The molecular weight excluding hydrogens is 280 g/mol. The van der Waals surface area contributed by atoms with E-state index in [4.69, 9.17) is 15.2 Å². The van der Waals surface area contributed by atoms with Crippen LogP contribution in [-0.4, -0.2) is 50.2 Å². The second-order valence-electron chi connectivity index (χ2n) is 4.05. The van der Waals surface area contributed by atoms with Crippen molar-refractivity contribution in [3.8, 4) is 0 Å². The molecule has 112 valence electrons. The first-order valence-corrected chi connectivity index (χ1v) is 7.20. The number of esters is 1. The first-order valence-electron chi connectivity index (χ1n) is 6.32. The summed E-state index contributed by atoms with van der Waals surface area (Å²) in [6.45, 7) is 2.52. The molecule has 1 heterocycles. The van der Waals surface area contributed by atoms with Gasteiger partial charge in [0.05, 0.1) is 13.2 Å². The van der Waals surface area contributed by atoms with Crippen LogP contribution in [0.15, 0.2) is 17.5 Å². The summed E-state index contributed by atoms with van der Waals surface area (Å²) in [5, 5.41) is 1.85. The molecule has 1 rings (SSSR count). The Balaban J connectivity index is 2.70. The number of nitrogens with two attached hydrogens (primary N) is 1. The number of carbonyl (C=O) groups excluding carboxylic acids is 2. The van der Waals surface area contributed by atoms with Crippen LogP contribution < -0.4 is 5.73 Å². The lowest BCUT2D eigenvalue weighted by Crippen LogP contribution is -2.43. The van der Waals surface area contributed by atoms with Crippen LogP contribution in [0.25, 0.3) is 0 Å². The van der Waals surface area contributed by atoms with Crippen molar-refractivity contribution >= 4 is 23.2 Å². The summed E-state index contributed by atoms with van der Waals surface area (Å²) in [5.74, 6) is -0.757. The van der Waals surface area contributed by atoms with Gasteiger partial charge >= 0.3 is 5.97 Å². The Hall–Kier alpha value is -1.44. The molecule has 0 radical (unpaired) electrons. The van der Waals surface area contributed by atoms with Gasteiger partial charge in [0.25, 0.3) is 0 Å². The van der Waals surface area contributed by atoms with E-state index in [0.29, 0.717) is 13.2 Å². The summed E-state index contributed by atoms with van der Waals surface area (Å²) in [6.07, 6.45) is 0. The van der Waals surface area contributed by atoms with Crippen LogP contribution in [0, 0.1) is 0 Å². The van der Waals surface area contributed by atoms with Crippen LogP contribution in [0.5, 0.6) is 0 Å². The Kier molecular flexibility index (Phi) is 7.21. The Labute approximate surface area is 122 Å². The van der Waals surface area contributed by atoms with Crippen LogP contribution >= 0.6 is 11.3 Å². The lowest BCUT2D eigenvalue weighted by Gasteiger charge is -2.24. The summed E-state index contributed by atoms with van der Waals surface area (Å²) in [5.41, 5.74) is 5.93. The number of hydrogen-bond acceptors (Lipinski definition) is 6. The number of methoxy groups -OCH3 is 1. The standard InChI is InChI=1S/C13H20N2O4S/c1-3-19-11(16)9-15(6-7-18-2)13(17)12(14)10-5-4-8-20-10/h4-5,8,12H,3,6-7,9,14H2,1-2H3. The van der Waals surface area contributed by atoms with E-state index in [1.54, 1.807) is 13.0 Å². The zero-order chi connectivity index (χ0) is 15.0. The number of nitrogens with zero attached hydrogens (tertiary/aromatic N) is 1. The summed E-state index contributed by atoms with van der Waals surface area (Å²) in [6, 6.07) is 2.87. The van der Waals surface area contributed by atoms with E-state index in [0.717, 1.165) is 4.88 Å². The molecule has 20 heavy (non-hydrogen) atoms. The van der Waals surface area contributed by atoms with Crippen LogP contribution in [0.3, 0.4) is 0 Å². The van der Waals surface area contributed by atoms with Gasteiger partial charge in [-0.3, -0.25) is 9.59 Å². The molecule has 6 nitrogen and oxygen atoms in total. The van der Waals surface area contributed by atoms with Crippen molar-refractivity contribution < 1.29 is 19.1 Å².